The van der Waals surface area contributed by atoms with Gasteiger partial charge in [0.15, 0.2) is 0 Å². The summed E-state index contributed by atoms with van der Waals surface area (Å²) in [5.74, 6) is 0.547. The number of rotatable bonds is 5. The van der Waals surface area contributed by atoms with Crippen LogP contribution < -0.4 is 10.5 Å². The summed E-state index contributed by atoms with van der Waals surface area (Å²) in [6.07, 6.45) is 2.24. The van der Waals surface area contributed by atoms with E-state index in [1.807, 2.05) is 31.2 Å². The number of esters is 1. The molecule has 0 saturated heterocycles. The number of nitrogens with zero attached hydrogens (tertiary/aromatic N) is 1. The predicted octanol–water partition coefficient (Wildman–Crippen LogP) is 3.20. The number of carbonyl (C=O) groups excluding carboxylic acids is 1. The lowest BCUT2D eigenvalue weighted by Gasteiger charge is -2.11. The van der Waals surface area contributed by atoms with E-state index in [0.717, 1.165) is 12.0 Å². The molecule has 0 unspecified atom stereocenters. The number of hydrogen-bond donors (Lipinski definition) is 1. The van der Waals surface area contributed by atoms with Crippen molar-refractivity contribution < 1.29 is 14.3 Å². The minimum atomic E-state index is -0.481. The number of anilines is 1. The Morgan fingerprint density at radius 1 is 1.29 bits per heavy atom. The molecule has 5 heteroatoms. The molecular formula is C16H18N2O3. The first kappa shape index (κ1) is 14.8. The van der Waals surface area contributed by atoms with Crippen molar-refractivity contribution in [1.82, 2.24) is 4.98 Å². The van der Waals surface area contributed by atoms with Crippen LogP contribution in [0.5, 0.6) is 11.6 Å². The van der Waals surface area contributed by atoms with Gasteiger partial charge in [0.1, 0.15) is 5.75 Å². The maximum absolute atomic E-state index is 11.8. The van der Waals surface area contributed by atoms with Crippen LogP contribution in [0.1, 0.15) is 29.8 Å². The van der Waals surface area contributed by atoms with Gasteiger partial charge < -0.3 is 15.2 Å². The summed E-state index contributed by atoms with van der Waals surface area (Å²) in [7, 11) is 0. The maximum atomic E-state index is 11.8. The third-order valence-corrected chi connectivity index (χ3v) is 2.97. The van der Waals surface area contributed by atoms with Crippen LogP contribution in [0.2, 0.25) is 0 Å². The number of carbonyl (C=O) groups is 1. The fourth-order valence-corrected chi connectivity index (χ4v) is 1.90. The van der Waals surface area contributed by atoms with Crippen molar-refractivity contribution >= 4 is 11.7 Å². The molecule has 110 valence electrons. The molecule has 1 heterocycles. The highest BCUT2D eigenvalue weighted by Crippen LogP contribution is 2.26. The molecule has 0 aliphatic heterocycles. The van der Waals surface area contributed by atoms with Gasteiger partial charge in [-0.3, -0.25) is 0 Å². The van der Waals surface area contributed by atoms with E-state index in [2.05, 4.69) is 4.98 Å². The molecule has 2 rings (SSSR count). The topological polar surface area (TPSA) is 74.4 Å². The van der Waals surface area contributed by atoms with Gasteiger partial charge in [-0.2, -0.15) is 0 Å². The van der Waals surface area contributed by atoms with E-state index in [-0.39, 0.29) is 17.9 Å². The zero-order valence-electron chi connectivity index (χ0n) is 12.1. The molecule has 5 nitrogen and oxygen atoms in total. The quantitative estimate of drug-likeness (QED) is 0.854. The van der Waals surface area contributed by atoms with Crippen molar-refractivity contribution in [3.05, 3.63) is 47.7 Å². The monoisotopic (exact) mass is 286 g/mol. The average Bonchev–Trinajstić information content (AvgIpc) is 2.50. The first-order chi connectivity index (χ1) is 10.2. The summed E-state index contributed by atoms with van der Waals surface area (Å²) < 4.78 is 10.7. The van der Waals surface area contributed by atoms with Gasteiger partial charge in [-0.1, -0.05) is 25.1 Å². The first-order valence-electron chi connectivity index (χ1n) is 6.84. The second-order valence-electron chi connectivity index (χ2n) is 4.39. The van der Waals surface area contributed by atoms with E-state index in [1.54, 1.807) is 6.92 Å². The highest BCUT2D eigenvalue weighted by molar-refractivity contribution is 5.95. The van der Waals surface area contributed by atoms with Crippen LogP contribution >= 0.6 is 0 Å². The molecular weight excluding hydrogens is 268 g/mol. The van der Waals surface area contributed by atoms with Gasteiger partial charge in [-0.05, 0) is 25.0 Å². The van der Waals surface area contributed by atoms with Crippen LogP contribution in [0, 0.1) is 0 Å². The molecule has 0 amide bonds. The Labute approximate surface area is 123 Å². The molecule has 2 aromatic rings. The number of hydrogen-bond acceptors (Lipinski definition) is 5. The molecule has 0 spiro atoms. The Hall–Kier alpha value is -2.56. The molecule has 0 fully saturated rings. The summed E-state index contributed by atoms with van der Waals surface area (Å²) in [5, 5.41) is 0. The summed E-state index contributed by atoms with van der Waals surface area (Å²) in [5.41, 5.74) is 7.34. The summed E-state index contributed by atoms with van der Waals surface area (Å²) >= 11 is 0. The van der Waals surface area contributed by atoms with Gasteiger partial charge in [-0.15, -0.1) is 0 Å². The number of pyridine rings is 1. The van der Waals surface area contributed by atoms with Crippen LogP contribution in [0.15, 0.2) is 36.5 Å². The Bertz CT molecular complexity index is 641. The Kier molecular flexibility index (Phi) is 4.77. The van der Waals surface area contributed by atoms with E-state index in [4.69, 9.17) is 15.2 Å². The minimum Gasteiger partial charge on any atom is -0.462 e. The Morgan fingerprint density at radius 3 is 2.76 bits per heavy atom. The van der Waals surface area contributed by atoms with Gasteiger partial charge in [0.05, 0.1) is 24.1 Å². The number of ether oxygens (including phenoxy) is 2. The zero-order valence-corrected chi connectivity index (χ0v) is 12.1. The first-order valence-corrected chi connectivity index (χ1v) is 6.84. The fraction of sp³-hybridized carbons (Fsp3) is 0.250. The van der Waals surface area contributed by atoms with E-state index in [9.17, 15) is 4.79 Å². The lowest BCUT2D eigenvalue weighted by atomic mass is 10.1. The molecule has 0 bridgehead atoms. The SMILES string of the molecule is CCOC(=O)c1cc(Oc2ccccc2CC)ncc1N. The lowest BCUT2D eigenvalue weighted by Crippen LogP contribution is -2.09. The molecule has 1 aromatic heterocycles. The largest absolute Gasteiger partial charge is 0.462 e. The van der Waals surface area contributed by atoms with Crippen molar-refractivity contribution in [1.29, 1.82) is 0 Å². The molecule has 1 aromatic carbocycles. The van der Waals surface area contributed by atoms with Gasteiger partial charge in [-0.25, -0.2) is 9.78 Å². The maximum Gasteiger partial charge on any atom is 0.340 e. The van der Waals surface area contributed by atoms with E-state index in [0.29, 0.717) is 11.6 Å². The van der Waals surface area contributed by atoms with Gasteiger partial charge >= 0.3 is 5.97 Å². The van der Waals surface area contributed by atoms with Crippen LogP contribution in [-0.4, -0.2) is 17.6 Å². The van der Waals surface area contributed by atoms with Crippen LogP contribution in [0.3, 0.4) is 0 Å². The predicted molar refractivity (Wildman–Crippen MR) is 80.5 cm³/mol. The summed E-state index contributed by atoms with van der Waals surface area (Å²) in [6.45, 7) is 4.07. The van der Waals surface area contributed by atoms with Gasteiger partial charge in [0.25, 0.3) is 0 Å². The highest BCUT2D eigenvalue weighted by Gasteiger charge is 2.14. The van der Waals surface area contributed by atoms with Crippen molar-refractivity contribution in [3.63, 3.8) is 0 Å². The average molecular weight is 286 g/mol. The fourth-order valence-electron chi connectivity index (χ4n) is 1.90. The van der Waals surface area contributed by atoms with Crippen LogP contribution in [0.4, 0.5) is 5.69 Å². The molecule has 0 saturated carbocycles. The van der Waals surface area contributed by atoms with Gasteiger partial charge in [0, 0.05) is 6.07 Å². The van der Waals surface area contributed by atoms with E-state index < -0.39 is 5.97 Å². The van der Waals surface area contributed by atoms with Gasteiger partial charge in [0.2, 0.25) is 5.88 Å². The Balaban J connectivity index is 2.29. The molecule has 0 aliphatic carbocycles. The molecule has 2 N–H and O–H groups in total. The summed E-state index contributed by atoms with van der Waals surface area (Å²) in [4.78, 5) is 15.9. The molecule has 21 heavy (non-hydrogen) atoms. The standard InChI is InChI=1S/C16H18N2O3/c1-3-11-7-5-6-8-14(11)21-15-9-12(13(17)10-18-15)16(19)20-4-2/h5-10H,3-4,17H2,1-2H3. The van der Waals surface area contributed by atoms with Crippen molar-refractivity contribution in [2.24, 2.45) is 0 Å². The van der Waals surface area contributed by atoms with Crippen LogP contribution in [0.25, 0.3) is 0 Å². The number of para-hydroxylation sites is 1. The van der Waals surface area contributed by atoms with E-state index >= 15 is 0 Å². The normalized spacial score (nSPS) is 10.2. The second-order valence-corrected chi connectivity index (χ2v) is 4.39. The smallest absolute Gasteiger partial charge is 0.340 e. The third kappa shape index (κ3) is 3.51. The number of aromatic nitrogens is 1. The molecule has 0 atom stereocenters. The number of aryl methyl sites for hydroxylation is 1. The van der Waals surface area contributed by atoms with Crippen molar-refractivity contribution in [2.45, 2.75) is 20.3 Å². The van der Waals surface area contributed by atoms with Crippen molar-refractivity contribution in [3.8, 4) is 11.6 Å². The number of nitrogens with two attached hydrogens (primary N) is 1. The summed E-state index contributed by atoms with van der Waals surface area (Å²) in [6, 6.07) is 9.18. The number of benzene rings is 1. The van der Waals surface area contributed by atoms with Crippen molar-refractivity contribution in [2.75, 3.05) is 12.3 Å². The third-order valence-electron chi connectivity index (χ3n) is 2.97. The zero-order chi connectivity index (χ0) is 15.2. The highest BCUT2D eigenvalue weighted by atomic mass is 16.5. The second kappa shape index (κ2) is 6.74. The minimum absolute atomic E-state index is 0.260. The molecule has 0 aliphatic rings. The molecule has 0 radical (unpaired) electrons. The van der Waals surface area contributed by atoms with E-state index in [1.165, 1.54) is 12.3 Å². The Morgan fingerprint density at radius 2 is 2.05 bits per heavy atom. The lowest BCUT2D eigenvalue weighted by molar-refractivity contribution is 0.0527. The number of nitrogen functional groups attached to an aromatic ring is 1. The van der Waals surface area contributed by atoms with Crippen LogP contribution in [-0.2, 0) is 11.2 Å².